The van der Waals surface area contributed by atoms with E-state index in [1.165, 1.54) is 0 Å². The number of imide groups is 1. The van der Waals surface area contributed by atoms with Crippen molar-refractivity contribution >= 4 is 22.6 Å². The second-order valence-electron chi connectivity index (χ2n) is 3.63. The molecule has 4 nitrogen and oxygen atoms in total. The largest absolute Gasteiger partial charge is 1.00 e. The van der Waals surface area contributed by atoms with Crippen molar-refractivity contribution in [2.45, 2.75) is 0 Å². The fourth-order valence-corrected chi connectivity index (χ4v) is 1.99. The molecule has 0 aliphatic carbocycles. The maximum Gasteiger partial charge on any atom is 1.00 e. The van der Waals surface area contributed by atoms with Crippen LogP contribution in [0.2, 0.25) is 0 Å². The van der Waals surface area contributed by atoms with Gasteiger partial charge < -0.3 is 1.43 Å². The number of benzene rings is 2. The normalized spacial score (nSPS) is 13.8. The van der Waals surface area contributed by atoms with E-state index in [-0.39, 0.29) is 47.2 Å². The molecule has 0 aromatic heterocycles. The van der Waals surface area contributed by atoms with E-state index >= 15 is 0 Å². The standard InChI is InChI=1S/C12H7NO3.Na.H/c14-11-9-6-5-7-3-1-2-4-8(7)10(9)12(15)13(11)16;;/h1-6,16H;;/q;+1;-1. The molecule has 0 atom stereocenters. The van der Waals surface area contributed by atoms with Crippen molar-refractivity contribution in [3.63, 3.8) is 0 Å². The minimum Gasteiger partial charge on any atom is -1.00 e. The van der Waals surface area contributed by atoms with Gasteiger partial charge in [-0.15, -0.1) is 5.06 Å². The minimum absolute atomic E-state index is 0. The van der Waals surface area contributed by atoms with Gasteiger partial charge in [-0.3, -0.25) is 14.8 Å². The Morgan fingerprint density at radius 3 is 2.47 bits per heavy atom. The van der Waals surface area contributed by atoms with E-state index in [1.54, 1.807) is 24.3 Å². The number of rotatable bonds is 0. The molecule has 1 aliphatic rings. The molecule has 1 N–H and O–H groups in total. The molecule has 0 bridgehead atoms. The fraction of sp³-hybridized carbons (Fsp3) is 0. The van der Waals surface area contributed by atoms with Crippen LogP contribution in [-0.4, -0.2) is 22.1 Å². The minimum atomic E-state index is -0.661. The molecule has 0 saturated heterocycles. The van der Waals surface area contributed by atoms with E-state index < -0.39 is 11.8 Å². The van der Waals surface area contributed by atoms with Crippen LogP contribution in [0, 0.1) is 0 Å². The van der Waals surface area contributed by atoms with Gasteiger partial charge in [-0.05, 0) is 16.8 Å². The summed E-state index contributed by atoms with van der Waals surface area (Å²) in [6.45, 7) is 0. The van der Waals surface area contributed by atoms with Crippen molar-refractivity contribution in [3.05, 3.63) is 47.5 Å². The Bertz CT molecular complexity index is 644. The number of hydroxylamine groups is 2. The van der Waals surface area contributed by atoms with Gasteiger partial charge in [-0.1, -0.05) is 30.3 Å². The van der Waals surface area contributed by atoms with Crippen LogP contribution < -0.4 is 29.6 Å². The Labute approximate surface area is 121 Å². The van der Waals surface area contributed by atoms with Gasteiger partial charge in [0.1, 0.15) is 0 Å². The van der Waals surface area contributed by atoms with Crippen LogP contribution in [0.4, 0.5) is 0 Å². The third-order valence-corrected chi connectivity index (χ3v) is 2.76. The van der Waals surface area contributed by atoms with Crippen molar-refractivity contribution in [2.24, 2.45) is 0 Å². The van der Waals surface area contributed by atoms with Crippen LogP contribution in [-0.2, 0) is 0 Å². The van der Waals surface area contributed by atoms with Gasteiger partial charge in [0.25, 0.3) is 11.8 Å². The molecule has 1 heterocycles. The number of carbonyl (C=O) groups excluding carboxylic acids is 2. The molecular formula is C12H8NNaO3. The summed E-state index contributed by atoms with van der Waals surface area (Å²) in [5.41, 5.74) is 0.539. The smallest absolute Gasteiger partial charge is 1.00 e. The number of carbonyl (C=O) groups is 2. The predicted molar refractivity (Wildman–Crippen MR) is 57.3 cm³/mol. The van der Waals surface area contributed by atoms with E-state index in [0.29, 0.717) is 5.39 Å². The van der Waals surface area contributed by atoms with Crippen LogP contribution in [0.25, 0.3) is 10.8 Å². The average molecular weight is 237 g/mol. The van der Waals surface area contributed by atoms with E-state index in [2.05, 4.69) is 0 Å². The molecule has 5 heteroatoms. The van der Waals surface area contributed by atoms with Crippen LogP contribution in [0.5, 0.6) is 0 Å². The molecule has 17 heavy (non-hydrogen) atoms. The zero-order valence-electron chi connectivity index (χ0n) is 10.2. The van der Waals surface area contributed by atoms with Gasteiger partial charge in [0.15, 0.2) is 0 Å². The van der Waals surface area contributed by atoms with Gasteiger partial charge in [-0.25, -0.2) is 0 Å². The summed E-state index contributed by atoms with van der Waals surface area (Å²) < 4.78 is 0. The van der Waals surface area contributed by atoms with Crippen LogP contribution in [0.1, 0.15) is 22.1 Å². The summed E-state index contributed by atoms with van der Waals surface area (Å²) in [7, 11) is 0. The average Bonchev–Trinajstić information content (AvgIpc) is 2.55. The third-order valence-electron chi connectivity index (χ3n) is 2.76. The first-order valence-corrected chi connectivity index (χ1v) is 4.79. The zero-order chi connectivity index (χ0) is 11.3. The molecule has 0 saturated carbocycles. The first-order chi connectivity index (χ1) is 7.70. The molecule has 1 aliphatic heterocycles. The topological polar surface area (TPSA) is 57.6 Å². The number of fused-ring (bicyclic) bond motifs is 3. The number of amides is 2. The molecule has 0 spiro atoms. The van der Waals surface area contributed by atoms with E-state index in [1.807, 2.05) is 12.1 Å². The summed E-state index contributed by atoms with van der Waals surface area (Å²) in [5.74, 6) is -1.32. The molecule has 2 amide bonds. The molecule has 3 rings (SSSR count). The number of nitrogens with zero attached hydrogens (tertiary/aromatic N) is 1. The summed E-state index contributed by atoms with van der Waals surface area (Å²) in [6.07, 6.45) is 0. The first kappa shape index (κ1) is 12.3. The first-order valence-electron chi connectivity index (χ1n) is 4.79. The molecule has 0 unspecified atom stereocenters. The molecule has 2 aromatic carbocycles. The Kier molecular flexibility index (Phi) is 3.05. The third kappa shape index (κ3) is 1.61. The Hall–Kier alpha value is -1.20. The van der Waals surface area contributed by atoms with Gasteiger partial charge in [0.2, 0.25) is 0 Å². The summed E-state index contributed by atoms with van der Waals surface area (Å²) in [6, 6.07) is 10.6. The van der Waals surface area contributed by atoms with Crippen LogP contribution in [0.15, 0.2) is 36.4 Å². The van der Waals surface area contributed by atoms with Gasteiger partial charge in [0, 0.05) is 0 Å². The maximum atomic E-state index is 11.7. The monoisotopic (exact) mass is 237 g/mol. The van der Waals surface area contributed by atoms with Crippen LogP contribution >= 0.6 is 0 Å². The zero-order valence-corrected chi connectivity index (χ0v) is 11.2. The van der Waals surface area contributed by atoms with E-state index in [4.69, 9.17) is 0 Å². The van der Waals surface area contributed by atoms with Crippen molar-refractivity contribution in [1.29, 1.82) is 0 Å². The number of hydrogen-bond donors (Lipinski definition) is 1. The number of hydrogen-bond acceptors (Lipinski definition) is 3. The fourth-order valence-electron chi connectivity index (χ4n) is 1.99. The van der Waals surface area contributed by atoms with Gasteiger partial charge >= 0.3 is 29.6 Å². The van der Waals surface area contributed by atoms with E-state index in [9.17, 15) is 14.8 Å². The summed E-state index contributed by atoms with van der Waals surface area (Å²) in [5, 5.41) is 11.0. The second kappa shape index (κ2) is 4.23. The summed E-state index contributed by atoms with van der Waals surface area (Å²) in [4.78, 5) is 23.2. The maximum absolute atomic E-state index is 11.7. The molecule has 2 aromatic rings. The predicted octanol–water partition coefficient (Wildman–Crippen LogP) is -1.06. The summed E-state index contributed by atoms with van der Waals surface area (Å²) >= 11 is 0. The Balaban J connectivity index is 0.000000810. The molecular weight excluding hydrogens is 229 g/mol. The SMILES string of the molecule is O=C1c2ccc3ccccc3c2C(=O)N1O.[H-].[Na+]. The van der Waals surface area contributed by atoms with Gasteiger partial charge in [-0.2, -0.15) is 0 Å². The quantitative estimate of drug-likeness (QED) is 0.361. The van der Waals surface area contributed by atoms with Crippen molar-refractivity contribution in [3.8, 4) is 0 Å². The van der Waals surface area contributed by atoms with Crippen molar-refractivity contribution in [2.75, 3.05) is 0 Å². The van der Waals surface area contributed by atoms with Crippen molar-refractivity contribution < 1.29 is 45.8 Å². The second-order valence-corrected chi connectivity index (χ2v) is 3.63. The van der Waals surface area contributed by atoms with Gasteiger partial charge in [0.05, 0.1) is 11.1 Å². The van der Waals surface area contributed by atoms with Crippen molar-refractivity contribution in [1.82, 2.24) is 5.06 Å². The molecule has 80 valence electrons. The molecule has 0 radical (unpaired) electrons. The van der Waals surface area contributed by atoms with E-state index in [0.717, 1.165) is 5.39 Å². The molecule has 0 fully saturated rings. The Morgan fingerprint density at radius 1 is 1.00 bits per heavy atom. The van der Waals surface area contributed by atoms with Crippen LogP contribution in [0.3, 0.4) is 0 Å². The Morgan fingerprint density at radius 2 is 1.71 bits per heavy atom.